The lowest BCUT2D eigenvalue weighted by Gasteiger charge is -2.34. The molecule has 1 unspecified atom stereocenters. The van der Waals surface area contributed by atoms with E-state index < -0.39 is 0 Å². The maximum absolute atomic E-state index is 5.33. The second-order valence-electron chi connectivity index (χ2n) is 4.12. The van der Waals surface area contributed by atoms with Crippen LogP contribution in [0.15, 0.2) is 0 Å². The van der Waals surface area contributed by atoms with Crippen LogP contribution in [0, 0.1) is 5.41 Å². The van der Waals surface area contributed by atoms with Gasteiger partial charge in [-0.05, 0) is 24.7 Å². The monoisotopic (exact) mass is 142 g/mol. The molecule has 1 nitrogen and oxygen atoms in total. The van der Waals surface area contributed by atoms with Gasteiger partial charge in [-0.2, -0.15) is 0 Å². The summed E-state index contributed by atoms with van der Waals surface area (Å²) in [6.45, 7) is 4.66. The third-order valence-electron chi connectivity index (χ3n) is 2.49. The number of methoxy groups -OCH3 is 1. The highest BCUT2D eigenvalue weighted by molar-refractivity contribution is 4.79. The van der Waals surface area contributed by atoms with Crippen LogP contribution in [0.1, 0.15) is 39.5 Å². The highest BCUT2D eigenvalue weighted by Gasteiger charge is 2.27. The Morgan fingerprint density at radius 3 is 2.50 bits per heavy atom. The molecule has 0 aromatic carbocycles. The molecule has 60 valence electrons. The van der Waals surface area contributed by atoms with E-state index >= 15 is 0 Å². The van der Waals surface area contributed by atoms with Crippen LogP contribution in [-0.4, -0.2) is 13.2 Å². The lowest BCUT2D eigenvalue weighted by Crippen LogP contribution is -2.27. The molecule has 1 aliphatic rings. The molecule has 1 aliphatic carbocycles. The normalized spacial score (nSPS) is 32.1. The Kier molecular flexibility index (Phi) is 2.35. The average molecular weight is 142 g/mol. The van der Waals surface area contributed by atoms with Crippen LogP contribution in [-0.2, 0) is 4.74 Å². The van der Waals surface area contributed by atoms with Gasteiger partial charge in [0.1, 0.15) is 0 Å². The van der Waals surface area contributed by atoms with Crippen LogP contribution in [0.4, 0.5) is 0 Å². The number of rotatable bonds is 1. The zero-order valence-electron chi connectivity index (χ0n) is 7.31. The third kappa shape index (κ3) is 1.98. The van der Waals surface area contributed by atoms with Gasteiger partial charge in [-0.1, -0.05) is 20.3 Å². The highest BCUT2D eigenvalue weighted by atomic mass is 16.5. The molecule has 0 N–H and O–H groups in total. The molecule has 0 radical (unpaired) electrons. The molecule has 0 aliphatic heterocycles. The molecular formula is C9H18O. The summed E-state index contributed by atoms with van der Waals surface area (Å²) < 4.78 is 5.33. The van der Waals surface area contributed by atoms with Crippen molar-refractivity contribution in [1.82, 2.24) is 0 Å². The van der Waals surface area contributed by atoms with Crippen molar-refractivity contribution in [2.24, 2.45) is 5.41 Å². The Hall–Kier alpha value is -0.0400. The Balaban J connectivity index is 2.40. The lowest BCUT2D eigenvalue weighted by molar-refractivity contribution is 0.0260. The molecule has 0 bridgehead atoms. The van der Waals surface area contributed by atoms with Crippen molar-refractivity contribution in [1.29, 1.82) is 0 Å². The molecule has 0 saturated heterocycles. The second kappa shape index (κ2) is 2.91. The van der Waals surface area contributed by atoms with E-state index in [1.54, 1.807) is 0 Å². The van der Waals surface area contributed by atoms with Crippen molar-refractivity contribution in [2.75, 3.05) is 7.11 Å². The maximum Gasteiger partial charge on any atom is 0.0576 e. The summed E-state index contributed by atoms with van der Waals surface area (Å²) in [5.74, 6) is 0. The smallest absolute Gasteiger partial charge is 0.0576 e. The summed E-state index contributed by atoms with van der Waals surface area (Å²) in [6, 6.07) is 0. The predicted octanol–water partition coefficient (Wildman–Crippen LogP) is 2.60. The van der Waals surface area contributed by atoms with Crippen LogP contribution in [0.5, 0.6) is 0 Å². The fraction of sp³-hybridized carbons (Fsp3) is 1.00. The van der Waals surface area contributed by atoms with Gasteiger partial charge in [0.05, 0.1) is 6.10 Å². The van der Waals surface area contributed by atoms with Crippen LogP contribution in [0.25, 0.3) is 0 Å². The largest absolute Gasteiger partial charge is 0.381 e. The first-order valence-electron chi connectivity index (χ1n) is 4.17. The molecule has 1 rings (SSSR count). The Bertz CT molecular complexity index is 107. The molecule has 0 amide bonds. The van der Waals surface area contributed by atoms with E-state index in [0.29, 0.717) is 11.5 Å². The van der Waals surface area contributed by atoms with Gasteiger partial charge in [-0.15, -0.1) is 0 Å². The number of hydrogen-bond acceptors (Lipinski definition) is 1. The van der Waals surface area contributed by atoms with Crippen molar-refractivity contribution in [2.45, 2.75) is 45.6 Å². The molecule has 0 spiro atoms. The van der Waals surface area contributed by atoms with Gasteiger partial charge in [0, 0.05) is 7.11 Å². The number of hydrogen-bond donors (Lipinski definition) is 0. The molecule has 0 aromatic rings. The average Bonchev–Trinajstić information content (AvgIpc) is 1.86. The Labute approximate surface area is 63.8 Å². The zero-order chi connectivity index (χ0) is 7.61. The molecule has 0 heterocycles. The van der Waals surface area contributed by atoms with Crippen LogP contribution >= 0.6 is 0 Å². The van der Waals surface area contributed by atoms with Crippen molar-refractivity contribution in [3.05, 3.63) is 0 Å². The van der Waals surface area contributed by atoms with Crippen molar-refractivity contribution in [3.8, 4) is 0 Å². The topological polar surface area (TPSA) is 9.23 Å². The number of ether oxygens (including phenoxy) is 1. The van der Waals surface area contributed by atoms with Gasteiger partial charge >= 0.3 is 0 Å². The van der Waals surface area contributed by atoms with E-state index in [0.717, 1.165) is 0 Å². The summed E-state index contributed by atoms with van der Waals surface area (Å²) in [6.07, 6.45) is 5.74. The standard InChI is InChI=1S/C9H18O/c1-9(2)6-4-5-8(7-9)10-3/h8H,4-7H2,1-3H3. The van der Waals surface area contributed by atoms with Gasteiger partial charge < -0.3 is 4.74 Å². The fourth-order valence-electron chi connectivity index (χ4n) is 1.83. The van der Waals surface area contributed by atoms with Gasteiger partial charge in [0.2, 0.25) is 0 Å². The minimum atomic E-state index is 0.527. The Morgan fingerprint density at radius 2 is 2.10 bits per heavy atom. The summed E-state index contributed by atoms with van der Waals surface area (Å²) in [5, 5.41) is 0. The molecule has 10 heavy (non-hydrogen) atoms. The quantitative estimate of drug-likeness (QED) is 0.547. The summed E-state index contributed by atoms with van der Waals surface area (Å²) in [7, 11) is 1.83. The van der Waals surface area contributed by atoms with Crippen molar-refractivity contribution in [3.63, 3.8) is 0 Å². The Morgan fingerprint density at radius 1 is 1.40 bits per heavy atom. The molecule has 1 atom stereocenters. The molecular weight excluding hydrogens is 124 g/mol. The molecule has 1 saturated carbocycles. The SMILES string of the molecule is COC1CCCC(C)(C)C1. The first kappa shape index (κ1) is 8.06. The van der Waals surface area contributed by atoms with E-state index in [2.05, 4.69) is 13.8 Å². The molecule has 1 heteroatoms. The lowest BCUT2D eigenvalue weighted by atomic mass is 9.76. The van der Waals surface area contributed by atoms with Gasteiger partial charge in [0.15, 0.2) is 0 Å². The second-order valence-corrected chi connectivity index (χ2v) is 4.12. The highest BCUT2D eigenvalue weighted by Crippen LogP contribution is 2.35. The van der Waals surface area contributed by atoms with Gasteiger partial charge in [-0.25, -0.2) is 0 Å². The minimum absolute atomic E-state index is 0.527. The van der Waals surface area contributed by atoms with E-state index in [1.807, 2.05) is 7.11 Å². The summed E-state index contributed by atoms with van der Waals surface area (Å²) >= 11 is 0. The van der Waals surface area contributed by atoms with E-state index in [9.17, 15) is 0 Å². The van der Waals surface area contributed by atoms with Gasteiger partial charge in [0.25, 0.3) is 0 Å². The van der Waals surface area contributed by atoms with Crippen LogP contribution in [0.2, 0.25) is 0 Å². The summed E-state index contributed by atoms with van der Waals surface area (Å²) in [4.78, 5) is 0. The van der Waals surface area contributed by atoms with Crippen molar-refractivity contribution < 1.29 is 4.74 Å². The summed E-state index contributed by atoms with van der Waals surface area (Å²) in [5.41, 5.74) is 0.527. The fourth-order valence-corrected chi connectivity index (χ4v) is 1.83. The van der Waals surface area contributed by atoms with Crippen molar-refractivity contribution >= 4 is 0 Å². The van der Waals surface area contributed by atoms with Crippen LogP contribution < -0.4 is 0 Å². The van der Waals surface area contributed by atoms with Crippen LogP contribution in [0.3, 0.4) is 0 Å². The zero-order valence-corrected chi connectivity index (χ0v) is 7.31. The third-order valence-corrected chi connectivity index (χ3v) is 2.49. The van der Waals surface area contributed by atoms with E-state index in [1.165, 1.54) is 25.7 Å². The predicted molar refractivity (Wildman–Crippen MR) is 43.0 cm³/mol. The van der Waals surface area contributed by atoms with Gasteiger partial charge in [-0.3, -0.25) is 0 Å². The first-order valence-corrected chi connectivity index (χ1v) is 4.17. The molecule has 1 fully saturated rings. The molecule has 0 aromatic heterocycles. The first-order chi connectivity index (χ1) is 4.64. The van der Waals surface area contributed by atoms with E-state index in [4.69, 9.17) is 4.74 Å². The van der Waals surface area contributed by atoms with E-state index in [-0.39, 0.29) is 0 Å². The maximum atomic E-state index is 5.33. The minimum Gasteiger partial charge on any atom is -0.381 e.